The number of carbonyl (C=O) groups excluding carboxylic acids is 1. The van der Waals surface area contributed by atoms with Gasteiger partial charge in [0.15, 0.2) is 0 Å². The van der Waals surface area contributed by atoms with E-state index in [1.165, 1.54) is 0 Å². The Morgan fingerprint density at radius 3 is 2.47 bits per heavy atom. The van der Waals surface area contributed by atoms with Crippen molar-refractivity contribution in [1.82, 2.24) is 0 Å². The summed E-state index contributed by atoms with van der Waals surface area (Å²) in [7, 11) is 0. The van der Waals surface area contributed by atoms with Crippen LogP contribution in [-0.2, 0) is 10.2 Å². The molecule has 0 spiro atoms. The molecule has 74 valence electrons. The Balaban J connectivity index is 0.00000112. The normalized spacial score (nSPS) is 27.9. The molecule has 2 atom stereocenters. The Labute approximate surface area is 131 Å². The van der Waals surface area contributed by atoms with Gasteiger partial charge in [-0.05, 0) is 17.9 Å². The molecule has 1 aliphatic rings. The molecule has 1 aromatic carbocycles. The van der Waals surface area contributed by atoms with Crippen molar-refractivity contribution in [3.05, 3.63) is 35.9 Å². The molecule has 0 aromatic heterocycles. The maximum Gasteiger partial charge on any atom is 1.00 e. The molecule has 3 nitrogen and oxygen atoms in total. The minimum absolute atomic E-state index is 0. The first-order valence-electron chi connectivity index (χ1n) is 4.59. The number of hydrogen-bond acceptors (Lipinski definition) is 3. The number of carbonyl (C=O) groups is 1. The molecular weight excluding hydrogens is 219 g/mol. The third-order valence-electron chi connectivity index (χ3n) is 2.98. The predicted molar refractivity (Wildman–Crippen MR) is 48.3 cm³/mol. The molecule has 0 aliphatic heterocycles. The van der Waals surface area contributed by atoms with E-state index in [9.17, 15) is 9.90 Å². The number of hydrogen-bond donors (Lipinski definition) is 1. The summed E-state index contributed by atoms with van der Waals surface area (Å²) in [6.07, 6.45) is 0.482. The van der Waals surface area contributed by atoms with Gasteiger partial charge < -0.3 is 15.0 Å². The van der Waals surface area contributed by atoms with Gasteiger partial charge in [0.2, 0.25) is 0 Å². The monoisotopic (exact) mass is 230 g/mol. The summed E-state index contributed by atoms with van der Waals surface area (Å²) in [5, 5.41) is 20.0. The van der Waals surface area contributed by atoms with E-state index in [1.54, 1.807) is 24.3 Å². The van der Waals surface area contributed by atoms with E-state index < -0.39 is 11.4 Å². The van der Waals surface area contributed by atoms with Gasteiger partial charge in [0.1, 0.15) is 0 Å². The first-order valence-corrected chi connectivity index (χ1v) is 4.59. The fraction of sp³-hybridized carbons (Fsp3) is 0.364. The summed E-state index contributed by atoms with van der Waals surface area (Å²) in [6.45, 7) is -0.0944. The molecule has 4 heteroatoms. The van der Waals surface area contributed by atoms with Crippen molar-refractivity contribution in [3.8, 4) is 0 Å². The van der Waals surface area contributed by atoms with Crippen LogP contribution in [0.15, 0.2) is 30.3 Å². The maximum atomic E-state index is 11.0. The van der Waals surface area contributed by atoms with Gasteiger partial charge in [-0.1, -0.05) is 30.3 Å². The van der Waals surface area contributed by atoms with Crippen molar-refractivity contribution in [2.45, 2.75) is 11.8 Å². The second-order valence-electron chi connectivity index (χ2n) is 3.71. The van der Waals surface area contributed by atoms with E-state index in [4.69, 9.17) is 5.11 Å². The van der Waals surface area contributed by atoms with E-state index in [0.29, 0.717) is 6.42 Å². The standard InChI is InChI=1S/C11H12O3.K/c12-7-9-6-11(9,10(13)14)8-4-2-1-3-5-8;/h1-5,9,12H,6-7H2,(H,13,14);/q;+1/p-1/t9-,11+;/m0./s1. The number of aliphatic carboxylic acids is 1. The van der Waals surface area contributed by atoms with Gasteiger partial charge in [-0.25, -0.2) is 0 Å². The molecule has 0 unspecified atom stereocenters. The van der Waals surface area contributed by atoms with Crippen LogP contribution in [0.3, 0.4) is 0 Å². The molecule has 1 aromatic rings. The Bertz CT molecular complexity index is 352. The van der Waals surface area contributed by atoms with Gasteiger partial charge in [0, 0.05) is 12.0 Å². The fourth-order valence-electron chi connectivity index (χ4n) is 2.01. The maximum absolute atomic E-state index is 11.0. The van der Waals surface area contributed by atoms with Crippen LogP contribution >= 0.6 is 0 Å². The average molecular weight is 230 g/mol. The zero-order valence-electron chi connectivity index (χ0n) is 8.64. The quantitative estimate of drug-likeness (QED) is 0.553. The zero-order chi connectivity index (χ0) is 10.2. The summed E-state index contributed by atoms with van der Waals surface area (Å²) >= 11 is 0. The van der Waals surface area contributed by atoms with Gasteiger partial charge in [-0.3, -0.25) is 0 Å². The van der Waals surface area contributed by atoms with E-state index in [0.717, 1.165) is 5.56 Å². The molecule has 0 amide bonds. The van der Waals surface area contributed by atoms with Crippen LogP contribution in [0.4, 0.5) is 0 Å². The van der Waals surface area contributed by atoms with Gasteiger partial charge in [-0.15, -0.1) is 0 Å². The third-order valence-corrected chi connectivity index (χ3v) is 2.98. The van der Waals surface area contributed by atoms with Crippen molar-refractivity contribution < 1.29 is 66.4 Å². The molecule has 1 aliphatic carbocycles. The van der Waals surface area contributed by atoms with Crippen molar-refractivity contribution in [2.75, 3.05) is 6.61 Å². The SMILES string of the molecule is O=C([O-])[C@@]1(c2ccccc2)C[C@H]1CO.[K+]. The van der Waals surface area contributed by atoms with E-state index in [-0.39, 0.29) is 63.9 Å². The Hall–Kier alpha value is 0.286. The van der Waals surface area contributed by atoms with Gasteiger partial charge in [-0.2, -0.15) is 0 Å². The Morgan fingerprint density at radius 1 is 1.47 bits per heavy atom. The summed E-state index contributed by atoms with van der Waals surface area (Å²) in [5.74, 6) is -1.27. The molecule has 0 heterocycles. The molecular formula is C11H11KO3. The van der Waals surface area contributed by atoms with Crippen molar-refractivity contribution in [1.29, 1.82) is 0 Å². The number of rotatable bonds is 3. The second kappa shape index (κ2) is 5.08. The molecule has 0 bridgehead atoms. The van der Waals surface area contributed by atoms with E-state index in [2.05, 4.69) is 0 Å². The molecule has 1 N–H and O–H groups in total. The second-order valence-corrected chi connectivity index (χ2v) is 3.71. The number of carboxylic acid groups (broad SMARTS) is 1. The van der Waals surface area contributed by atoms with Crippen LogP contribution in [0.5, 0.6) is 0 Å². The molecule has 0 saturated heterocycles. The summed E-state index contributed by atoms with van der Waals surface area (Å²) in [5.41, 5.74) is -0.199. The van der Waals surface area contributed by atoms with Gasteiger partial charge >= 0.3 is 51.4 Å². The Kier molecular flexibility index (Phi) is 4.52. The van der Waals surface area contributed by atoms with Crippen LogP contribution in [0, 0.1) is 5.92 Å². The first-order chi connectivity index (χ1) is 6.71. The molecule has 1 saturated carbocycles. The smallest absolute Gasteiger partial charge is 0.549 e. The van der Waals surface area contributed by atoms with Crippen LogP contribution in [0.1, 0.15) is 12.0 Å². The molecule has 0 radical (unpaired) electrons. The average Bonchev–Trinajstić information content (AvgIpc) is 2.94. The molecule has 1 fully saturated rings. The summed E-state index contributed by atoms with van der Waals surface area (Å²) < 4.78 is 0. The minimum Gasteiger partial charge on any atom is -0.549 e. The van der Waals surface area contributed by atoms with Crippen molar-refractivity contribution >= 4 is 5.97 Å². The van der Waals surface area contributed by atoms with Crippen molar-refractivity contribution in [2.24, 2.45) is 5.92 Å². The number of benzene rings is 1. The molecule has 2 rings (SSSR count). The third kappa shape index (κ3) is 2.20. The largest absolute Gasteiger partial charge is 1.00 e. The predicted octanol–water partition coefficient (Wildman–Crippen LogP) is -3.31. The first kappa shape index (κ1) is 13.4. The van der Waals surface area contributed by atoms with Crippen molar-refractivity contribution in [3.63, 3.8) is 0 Å². The molecule has 15 heavy (non-hydrogen) atoms. The van der Waals surface area contributed by atoms with Crippen LogP contribution in [0.2, 0.25) is 0 Å². The number of aliphatic hydroxyl groups is 1. The minimum atomic E-state index is -1.08. The van der Waals surface area contributed by atoms with E-state index in [1.807, 2.05) is 6.07 Å². The summed E-state index contributed by atoms with van der Waals surface area (Å²) in [6, 6.07) is 8.97. The topological polar surface area (TPSA) is 60.4 Å². The van der Waals surface area contributed by atoms with E-state index >= 15 is 0 Å². The van der Waals surface area contributed by atoms with Gasteiger partial charge in [0.05, 0.1) is 5.97 Å². The van der Waals surface area contributed by atoms with Crippen LogP contribution in [0.25, 0.3) is 0 Å². The Morgan fingerprint density at radius 2 is 2.07 bits per heavy atom. The number of aliphatic hydroxyl groups excluding tert-OH is 1. The van der Waals surface area contributed by atoms with Crippen LogP contribution < -0.4 is 56.5 Å². The number of carboxylic acids is 1. The van der Waals surface area contributed by atoms with Crippen LogP contribution in [-0.4, -0.2) is 17.7 Å². The fourth-order valence-corrected chi connectivity index (χ4v) is 2.01. The zero-order valence-corrected chi connectivity index (χ0v) is 11.8. The summed E-state index contributed by atoms with van der Waals surface area (Å²) in [4.78, 5) is 11.0. The van der Waals surface area contributed by atoms with Gasteiger partial charge in [0.25, 0.3) is 0 Å².